The first-order valence-corrected chi connectivity index (χ1v) is 11.6. The van der Waals surface area contributed by atoms with Gasteiger partial charge in [0.25, 0.3) is 5.91 Å². The lowest BCUT2D eigenvalue weighted by Gasteiger charge is -2.26. The molecular weight excluding hydrogens is 418 g/mol. The number of hydrogen-bond acceptors (Lipinski definition) is 5. The van der Waals surface area contributed by atoms with Crippen molar-refractivity contribution >= 4 is 40.7 Å². The topological polar surface area (TPSA) is 53.9 Å². The van der Waals surface area contributed by atoms with Gasteiger partial charge in [-0.3, -0.25) is 14.7 Å². The maximum Gasteiger partial charge on any atom is 0.251 e. The first-order valence-electron chi connectivity index (χ1n) is 10.4. The van der Waals surface area contributed by atoms with Gasteiger partial charge in [0.05, 0.1) is 18.9 Å². The molecule has 2 aliphatic heterocycles. The molecule has 0 saturated carbocycles. The second kappa shape index (κ2) is 9.96. The molecule has 0 spiro atoms. The Morgan fingerprint density at radius 1 is 1.20 bits per heavy atom. The Bertz CT molecular complexity index is 957. The molecule has 0 aliphatic carbocycles. The van der Waals surface area contributed by atoms with Gasteiger partial charge in [-0.2, -0.15) is 0 Å². The van der Waals surface area contributed by atoms with E-state index in [2.05, 4.69) is 23.2 Å². The van der Waals surface area contributed by atoms with Crippen molar-refractivity contribution in [2.45, 2.75) is 29.6 Å². The Morgan fingerprint density at radius 3 is 2.80 bits per heavy atom. The molecule has 1 N–H and O–H groups in total. The van der Waals surface area contributed by atoms with Crippen molar-refractivity contribution in [3.63, 3.8) is 0 Å². The minimum absolute atomic E-state index is 0.0619. The molecule has 30 heavy (non-hydrogen) atoms. The van der Waals surface area contributed by atoms with Crippen LogP contribution in [0.4, 0.5) is 5.69 Å². The summed E-state index contributed by atoms with van der Waals surface area (Å²) in [6.45, 7) is 6.98. The molecule has 5 nitrogen and oxygen atoms in total. The second-order valence-electron chi connectivity index (χ2n) is 7.44. The standard InChI is InChI=1S/C23H26ClN3O2S/c1-2-3-19-18-15-17(24)5-7-21(18)30-22-6-4-16(14-20(22)26-19)23(28)25-8-9-27-10-12-29-13-11-27/h4-7,14-15H,2-3,8-13H2,1H3,(H,25,28). The largest absolute Gasteiger partial charge is 0.379 e. The van der Waals surface area contributed by atoms with E-state index in [1.165, 1.54) is 0 Å². The molecule has 0 atom stereocenters. The minimum Gasteiger partial charge on any atom is -0.379 e. The molecule has 2 aliphatic rings. The first-order chi connectivity index (χ1) is 14.6. The molecule has 7 heteroatoms. The van der Waals surface area contributed by atoms with E-state index in [0.29, 0.717) is 17.1 Å². The van der Waals surface area contributed by atoms with E-state index in [-0.39, 0.29) is 5.91 Å². The summed E-state index contributed by atoms with van der Waals surface area (Å²) in [5.74, 6) is -0.0619. The van der Waals surface area contributed by atoms with E-state index in [9.17, 15) is 4.79 Å². The number of carbonyl (C=O) groups excluding carboxylic acids is 1. The summed E-state index contributed by atoms with van der Waals surface area (Å²) in [6.07, 6.45) is 1.86. The van der Waals surface area contributed by atoms with Gasteiger partial charge in [-0.1, -0.05) is 36.7 Å². The van der Waals surface area contributed by atoms with E-state index in [0.717, 1.165) is 72.4 Å². The molecule has 158 valence electrons. The van der Waals surface area contributed by atoms with Gasteiger partial charge < -0.3 is 10.1 Å². The number of halogens is 1. The van der Waals surface area contributed by atoms with Crippen molar-refractivity contribution in [2.75, 3.05) is 39.4 Å². The molecule has 1 saturated heterocycles. The lowest BCUT2D eigenvalue weighted by Crippen LogP contribution is -2.41. The van der Waals surface area contributed by atoms with E-state index < -0.39 is 0 Å². The molecular formula is C23H26ClN3O2S. The van der Waals surface area contributed by atoms with Crippen LogP contribution >= 0.6 is 23.4 Å². The number of fused-ring (bicyclic) bond motifs is 2. The zero-order chi connectivity index (χ0) is 20.9. The molecule has 0 unspecified atom stereocenters. The van der Waals surface area contributed by atoms with Crippen LogP contribution in [0.1, 0.15) is 35.7 Å². The maximum atomic E-state index is 12.7. The summed E-state index contributed by atoms with van der Waals surface area (Å²) in [4.78, 5) is 22.1. The summed E-state index contributed by atoms with van der Waals surface area (Å²) in [6, 6.07) is 11.7. The minimum atomic E-state index is -0.0619. The maximum absolute atomic E-state index is 12.7. The normalized spacial score (nSPS) is 16.3. The zero-order valence-corrected chi connectivity index (χ0v) is 18.7. The first kappa shape index (κ1) is 21.4. The van der Waals surface area contributed by atoms with Gasteiger partial charge in [0, 0.05) is 57.8 Å². The van der Waals surface area contributed by atoms with Gasteiger partial charge in [-0.25, -0.2) is 0 Å². The van der Waals surface area contributed by atoms with Crippen LogP contribution in [0.2, 0.25) is 5.02 Å². The molecule has 2 aromatic rings. The molecule has 2 heterocycles. The van der Waals surface area contributed by atoms with Crippen molar-refractivity contribution in [3.8, 4) is 0 Å². The van der Waals surface area contributed by atoms with Gasteiger partial charge in [-0.05, 0) is 42.8 Å². The number of nitrogens with one attached hydrogen (secondary N) is 1. The summed E-state index contributed by atoms with van der Waals surface area (Å²) in [7, 11) is 0. The van der Waals surface area contributed by atoms with Crippen molar-refractivity contribution in [1.29, 1.82) is 0 Å². The number of benzene rings is 2. The molecule has 2 aromatic carbocycles. The summed E-state index contributed by atoms with van der Waals surface area (Å²) in [5.41, 5.74) is 3.59. The van der Waals surface area contributed by atoms with Crippen LogP contribution in [-0.2, 0) is 4.74 Å². The Hall–Kier alpha value is -1.86. The van der Waals surface area contributed by atoms with E-state index in [4.69, 9.17) is 21.3 Å². The van der Waals surface area contributed by atoms with E-state index in [1.54, 1.807) is 11.8 Å². The number of hydrogen-bond donors (Lipinski definition) is 1. The zero-order valence-electron chi connectivity index (χ0n) is 17.1. The Balaban J connectivity index is 1.51. The van der Waals surface area contributed by atoms with Crippen LogP contribution in [0.3, 0.4) is 0 Å². The summed E-state index contributed by atoms with van der Waals surface area (Å²) >= 11 is 7.93. The van der Waals surface area contributed by atoms with Gasteiger partial charge in [0.15, 0.2) is 0 Å². The van der Waals surface area contributed by atoms with Gasteiger partial charge in [-0.15, -0.1) is 0 Å². The van der Waals surface area contributed by atoms with Gasteiger partial charge in [0.1, 0.15) is 0 Å². The van der Waals surface area contributed by atoms with Crippen LogP contribution in [0.5, 0.6) is 0 Å². The Morgan fingerprint density at radius 2 is 2.00 bits per heavy atom. The summed E-state index contributed by atoms with van der Waals surface area (Å²) in [5, 5.41) is 3.75. The predicted molar refractivity (Wildman–Crippen MR) is 123 cm³/mol. The predicted octanol–water partition coefficient (Wildman–Crippen LogP) is 4.79. The lowest BCUT2D eigenvalue weighted by atomic mass is 10.1. The highest BCUT2D eigenvalue weighted by atomic mass is 35.5. The monoisotopic (exact) mass is 443 g/mol. The van der Waals surface area contributed by atoms with Gasteiger partial charge in [0.2, 0.25) is 0 Å². The van der Waals surface area contributed by atoms with Crippen LogP contribution in [0, 0.1) is 0 Å². The van der Waals surface area contributed by atoms with Crippen molar-refractivity contribution in [3.05, 3.63) is 52.5 Å². The van der Waals surface area contributed by atoms with Crippen LogP contribution in [-0.4, -0.2) is 55.9 Å². The molecule has 0 aromatic heterocycles. The van der Waals surface area contributed by atoms with Crippen molar-refractivity contribution < 1.29 is 9.53 Å². The highest BCUT2D eigenvalue weighted by Crippen LogP contribution is 2.42. The quantitative estimate of drug-likeness (QED) is 0.697. The highest BCUT2D eigenvalue weighted by Gasteiger charge is 2.19. The molecule has 0 bridgehead atoms. The third-order valence-corrected chi connectivity index (χ3v) is 6.63. The average molecular weight is 444 g/mol. The number of ether oxygens (including phenoxy) is 1. The third-order valence-electron chi connectivity index (χ3n) is 5.25. The highest BCUT2D eigenvalue weighted by molar-refractivity contribution is 7.99. The third kappa shape index (κ3) is 5.06. The number of morpholine rings is 1. The van der Waals surface area contributed by atoms with E-state index >= 15 is 0 Å². The number of aliphatic imine (C=N–C) groups is 1. The Labute approximate surface area is 186 Å². The summed E-state index contributed by atoms with van der Waals surface area (Å²) < 4.78 is 5.36. The number of nitrogens with zero attached hydrogens (tertiary/aromatic N) is 2. The fourth-order valence-electron chi connectivity index (χ4n) is 3.65. The molecule has 0 radical (unpaired) electrons. The molecule has 1 fully saturated rings. The Kier molecular flexibility index (Phi) is 7.10. The van der Waals surface area contributed by atoms with Crippen LogP contribution in [0.25, 0.3) is 0 Å². The SMILES string of the molecule is CCCC1=Nc2cc(C(=O)NCCN3CCOCC3)ccc2Sc2ccc(Cl)cc21. The van der Waals surface area contributed by atoms with Crippen LogP contribution in [0.15, 0.2) is 51.2 Å². The smallest absolute Gasteiger partial charge is 0.251 e. The molecule has 1 amide bonds. The fourth-order valence-corrected chi connectivity index (χ4v) is 4.83. The van der Waals surface area contributed by atoms with Crippen molar-refractivity contribution in [1.82, 2.24) is 10.2 Å². The second-order valence-corrected chi connectivity index (χ2v) is 8.96. The van der Waals surface area contributed by atoms with E-state index in [1.807, 2.05) is 30.3 Å². The lowest BCUT2D eigenvalue weighted by molar-refractivity contribution is 0.0383. The van der Waals surface area contributed by atoms with Crippen molar-refractivity contribution in [2.24, 2.45) is 4.99 Å². The number of amides is 1. The average Bonchev–Trinajstić information content (AvgIpc) is 2.90. The number of carbonyl (C=O) groups is 1. The number of rotatable bonds is 6. The van der Waals surface area contributed by atoms with Gasteiger partial charge >= 0.3 is 0 Å². The fraction of sp³-hybridized carbons (Fsp3) is 0.391. The van der Waals surface area contributed by atoms with Crippen LogP contribution < -0.4 is 5.32 Å². The molecule has 4 rings (SSSR count).